The molecule has 2 N–H and O–H groups in total. The van der Waals surface area contributed by atoms with E-state index in [1.807, 2.05) is 57.8 Å². The molecule has 5 nitrogen and oxygen atoms in total. The van der Waals surface area contributed by atoms with Crippen LogP contribution >= 0.6 is 0 Å². The van der Waals surface area contributed by atoms with Crippen LogP contribution in [0, 0.1) is 6.92 Å². The third-order valence-electron chi connectivity index (χ3n) is 4.01. The molecule has 1 saturated heterocycles. The first-order valence-corrected chi connectivity index (χ1v) is 9.41. The fourth-order valence-electron chi connectivity index (χ4n) is 2.77. The van der Waals surface area contributed by atoms with Crippen molar-refractivity contribution < 1.29 is 0 Å². The molecule has 0 unspecified atom stereocenters. The number of piperazine rings is 1. The molecule has 0 spiro atoms. The second-order valence-electron chi connectivity index (χ2n) is 5.93. The smallest absolute Gasteiger partial charge is 0.0995 e. The Morgan fingerprint density at radius 2 is 1.62 bits per heavy atom. The zero-order valence-corrected chi connectivity index (χ0v) is 16.8. The summed E-state index contributed by atoms with van der Waals surface area (Å²) in [4.78, 5) is 9.14. The van der Waals surface area contributed by atoms with Crippen molar-refractivity contribution in [2.24, 2.45) is 0 Å². The van der Waals surface area contributed by atoms with Crippen LogP contribution in [0.5, 0.6) is 0 Å². The van der Waals surface area contributed by atoms with Crippen LogP contribution in [0.2, 0.25) is 0 Å². The van der Waals surface area contributed by atoms with Crippen LogP contribution < -0.4 is 5.73 Å². The number of aryl methyl sites for hydroxylation is 1. The van der Waals surface area contributed by atoms with E-state index in [-0.39, 0.29) is 7.43 Å². The molecule has 0 amide bonds. The fraction of sp³-hybridized carbons (Fsp3) is 0.571. The SMILES string of the molecule is C.CC.CC.Cc1cn(-c2cc(N)cc(CN3CCN(C)CC3)c2)cn1. The molecule has 1 aromatic heterocycles. The van der Waals surface area contributed by atoms with Crippen molar-refractivity contribution in [1.82, 2.24) is 19.4 Å². The van der Waals surface area contributed by atoms with E-state index < -0.39 is 0 Å². The molecular formula is C21H39N5. The van der Waals surface area contributed by atoms with Gasteiger partial charge in [-0.2, -0.15) is 0 Å². The molecule has 0 bridgehead atoms. The Morgan fingerprint density at radius 3 is 2.15 bits per heavy atom. The maximum absolute atomic E-state index is 6.07. The van der Waals surface area contributed by atoms with Crippen molar-refractivity contribution in [2.45, 2.75) is 48.6 Å². The molecule has 0 atom stereocenters. The number of aromatic nitrogens is 2. The molecule has 0 saturated carbocycles. The molecule has 1 aliphatic rings. The standard InChI is InChI=1S/C16H23N5.2C2H6.CH4/c1-13-10-21(12-18-13)16-8-14(7-15(17)9-16)11-20-5-3-19(2)4-6-20;2*1-2;/h7-10,12H,3-6,11,17H2,1-2H3;2*1-2H3;1H4. The molecule has 1 aliphatic heterocycles. The highest BCUT2D eigenvalue weighted by atomic mass is 15.2. The summed E-state index contributed by atoms with van der Waals surface area (Å²) in [5, 5.41) is 0. The van der Waals surface area contributed by atoms with Crippen LogP contribution in [0.15, 0.2) is 30.7 Å². The van der Waals surface area contributed by atoms with Gasteiger partial charge in [0.1, 0.15) is 0 Å². The molecule has 26 heavy (non-hydrogen) atoms. The van der Waals surface area contributed by atoms with Gasteiger partial charge in [-0.1, -0.05) is 35.1 Å². The van der Waals surface area contributed by atoms with E-state index in [0.717, 1.165) is 49.8 Å². The lowest BCUT2D eigenvalue weighted by Crippen LogP contribution is -2.43. The summed E-state index contributed by atoms with van der Waals surface area (Å²) in [5.74, 6) is 0. The highest BCUT2D eigenvalue weighted by Gasteiger charge is 2.14. The fourth-order valence-corrected chi connectivity index (χ4v) is 2.77. The number of anilines is 1. The molecule has 5 heteroatoms. The molecule has 3 rings (SSSR count). The van der Waals surface area contributed by atoms with E-state index in [2.05, 4.69) is 34.0 Å². The summed E-state index contributed by atoms with van der Waals surface area (Å²) in [7, 11) is 2.18. The lowest BCUT2D eigenvalue weighted by molar-refractivity contribution is 0.148. The Labute approximate surface area is 160 Å². The van der Waals surface area contributed by atoms with Gasteiger partial charge in [0, 0.05) is 50.3 Å². The number of hydrogen-bond donors (Lipinski definition) is 1. The molecule has 0 radical (unpaired) electrons. The van der Waals surface area contributed by atoms with Crippen molar-refractivity contribution >= 4 is 5.69 Å². The summed E-state index contributed by atoms with van der Waals surface area (Å²) in [6.45, 7) is 15.5. The first-order valence-electron chi connectivity index (χ1n) is 9.41. The topological polar surface area (TPSA) is 50.3 Å². The number of hydrogen-bond acceptors (Lipinski definition) is 4. The average Bonchev–Trinajstić information content (AvgIpc) is 3.07. The van der Waals surface area contributed by atoms with Gasteiger partial charge in [0.05, 0.1) is 12.0 Å². The van der Waals surface area contributed by atoms with Crippen LogP contribution in [0.1, 0.15) is 46.4 Å². The Kier molecular flexibility index (Phi) is 11.6. The van der Waals surface area contributed by atoms with Gasteiger partial charge in [-0.15, -0.1) is 0 Å². The Morgan fingerprint density at radius 1 is 1.00 bits per heavy atom. The predicted octanol–water partition coefficient (Wildman–Crippen LogP) is 4.20. The highest BCUT2D eigenvalue weighted by Crippen LogP contribution is 2.18. The predicted molar refractivity (Wildman–Crippen MR) is 115 cm³/mol. The van der Waals surface area contributed by atoms with Crippen molar-refractivity contribution in [1.29, 1.82) is 0 Å². The number of imidazole rings is 1. The van der Waals surface area contributed by atoms with Gasteiger partial charge in [-0.25, -0.2) is 4.98 Å². The minimum Gasteiger partial charge on any atom is -0.399 e. The van der Waals surface area contributed by atoms with Crippen LogP contribution in [-0.2, 0) is 6.54 Å². The van der Waals surface area contributed by atoms with Crippen LogP contribution in [0.3, 0.4) is 0 Å². The van der Waals surface area contributed by atoms with E-state index in [4.69, 9.17) is 5.73 Å². The van der Waals surface area contributed by atoms with E-state index in [0.29, 0.717) is 0 Å². The van der Waals surface area contributed by atoms with Crippen molar-refractivity contribution in [3.8, 4) is 5.69 Å². The molecule has 0 aliphatic carbocycles. The monoisotopic (exact) mass is 361 g/mol. The number of rotatable bonds is 3. The van der Waals surface area contributed by atoms with E-state index in [9.17, 15) is 0 Å². The van der Waals surface area contributed by atoms with Gasteiger partial charge in [0.15, 0.2) is 0 Å². The first kappa shape index (κ1) is 24.1. The van der Waals surface area contributed by atoms with Gasteiger partial charge in [-0.05, 0) is 37.7 Å². The van der Waals surface area contributed by atoms with E-state index in [1.54, 1.807) is 0 Å². The molecule has 2 heterocycles. The van der Waals surface area contributed by atoms with Crippen molar-refractivity contribution in [2.75, 3.05) is 39.0 Å². The number of likely N-dealkylation sites (N-methyl/N-ethyl adjacent to an activating group) is 1. The van der Waals surface area contributed by atoms with Gasteiger partial charge in [0.2, 0.25) is 0 Å². The summed E-state index contributed by atoms with van der Waals surface area (Å²) >= 11 is 0. The largest absolute Gasteiger partial charge is 0.399 e. The van der Waals surface area contributed by atoms with Gasteiger partial charge < -0.3 is 15.2 Å². The summed E-state index contributed by atoms with van der Waals surface area (Å²) in [6, 6.07) is 6.27. The molecule has 148 valence electrons. The van der Waals surface area contributed by atoms with Crippen LogP contribution in [0.25, 0.3) is 5.69 Å². The minimum atomic E-state index is 0. The summed E-state index contributed by atoms with van der Waals surface area (Å²) < 4.78 is 2.03. The maximum Gasteiger partial charge on any atom is 0.0995 e. The maximum atomic E-state index is 6.07. The number of nitrogen functional groups attached to an aromatic ring is 1. The Balaban J connectivity index is 0.00000117. The Bertz CT molecular complexity index is 613. The van der Waals surface area contributed by atoms with Gasteiger partial charge in [-0.3, -0.25) is 4.90 Å². The lowest BCUT2D eigenvalue weighted by atomic mass is 10.1. The molecule has 1 aromatic carbocycles. The van der Waals surface area contributed by atoms with Gasteiger partial charge in [0.25, 0.3) is 0 Å². The molecular weight excluding hydrogens is 322 g/mol. The summed E-state index contributed by atoms with van der Waals surface area (Å²) in [6.07, 6.45) is 3.86. The molecule has 2 aromatic rings. The number of nitrogens with two attached hydrogens (primary N) is 1. The minimum absolute atomic E-state index is 0. The third-order valence-corrected chi connectivity index (χ3v) is 4.01. The highest BCUT2D eigenvalue weighted by molar-refractivity contribution is 5.51. The van der Waals surface area contributed by atoms with E-state index in [1.165, 1.54) is 5.56 Å². The van der Waals surface area contributed by atoms with E-state index >= 15 is 0 Å². The second-order valence-corrected chi connectivity index (χ2v) is 5.93. The zero-order chi connectivity index (χ0) is 18.8. The van der Waals surface area contributed by atoms with Crippen LogP contribution in [0.4, 0.5) is 5.69 Å². The zero-order valence-electron chi connectivity index (χ0n) is 16.8. The molecule has 1 fully saturated rings. The van der Waals surface area contributed by atoms with Crippen LogP contribution in [-0.4, -0.2) is 52.6 Å². The normalized spacial score (nSPS) is 14.4. The average molecular weight is 362 g/mol. The number of nitrogens with zero attached hydrogens (tertiary/aromatic N) is 4. The lowest BCUT2D eigenvalue weighted by Gasteiger charge is -2.32. The first-order chi connectivity index (χ1) is 12.1. The van der Waals surface area contributed by atoms with Crippen molar-refractivity contribution in [3.63, 3.8) is 0 Å². The quantitative estimate of drug-likeness (QED) is 0.833. The number of benzene rings is 1. The van der Waals surface area contributed by atoms with Gasteiger partial charge >= 0.3 is 0 Å². The van der Waals surface area contributed by atoms with Crippen molar-refractivity contribution in [3.05, 3.63) is 42.0 Å². The Hall–Kier alpha value is -1.85. The second kappa shape index (κ2) is 12.5. The third kappa shape index (κ3) is 7.18. The summed E-state index contributed by atoms with van der Waals surface area (Å²) in [5.41, 5.74) is 10.2.